The molecule has 1 aliphatic rings. The highest BCUT2D eigenvalue weighted by Gasteiger charge is 2.34. The van der Waals surface area contributed by atoms with Crippen molar-refractivity contribution in [2.45, 2.75) is 90.1 Å². The van der Waals surface area contributed by atoms with Crippen molar-refractivity contribution >= 4 is 38.6 Å². The van der Waals surface area contributed by atoms with Crippen molar-refractivity contribution in [2.75, 3.05) is 0 Å². The predicted octanol–water partition coefficient (Wildman–Crippen LogP) is 4.41. The first-order valence-corrected chi connectivity index (χ1v) is 16.6. The van der Waals surface area contributed by atoms with Gasteiger partial charge in [0.1, 0.15) is 0 Å². The van der Waals surface area contributed by atoms with Gasteiger partial charge in [-0.1, -0.05) is 39.0 Å². The molecule has 5 nitrogen and oxygen atoms in total. The van der Waals surface area contributed by atoms with Crippen LogP contribution in [0.1, 0.15) is 51.9 Å². The largest absolute Gasteiger partial charge is 0.435 e. The van der Waals surface area contributed by atoms with E-state index in [0.717, 1.165) is 12.5 Å². The van der Waals surface area contributed by atoms with Crippen LogP contribution in [0.2, 0.25) is 38.3 Å². The molecule has 0 aliphatic carbocycles. The average Bonchev–Trinajstić information content (AvgIpc) is 2.81. The van der Waals surface area contributed by atoms with Gasteiger partial charge in [0.05, 0.1) is 12.3 Å². The summed E-state index contributed by atoms with van der Waals surface area (Å²) in [4.78, 5) is 22.6. The van der Waals surface area contributed by atoms with Crippen molar-refractivity contribution in [3.63, 3.8) is 0 Å². The first-order valence-electron chi connectivity index (χ1n) is 9.51. The molecule has 0 spiro atoms. The zero-order valence-electron chi connectivity index (χ0n) is 16.5. The Morgan fingerprint density at radius 3 is 2.12 bits per heavy atom. The Kier molecular flexibility index (Phi) is 9.79. The van der Waals surface area contributed by atoms with E-state index >= 15 is 0 Å². The molecule has 0 aromatic heterocycles. The first kappa shape index (κ1) is 22.8. The van der Waals surface area contributed by atoms with Crippen molar-refractivity contribution in [1.82, 2.24) is 0 Å². The third-order valence-electron chi connectivity index (χ3n) is 4.56. The van der Waals surface area contributed by atoms with E-state index in [1.165, 1.54) is 31.7 Å². The molecule has 1 aliphatic heterocycles. The van der Waals surface area contributed by atoms with Crippen LogP contribution in [0, 0.1) is 5.92 Å². The molecule has 0 saturated carbocycles. The predicted molar refractivity (Wildman–Crippen MR) is 105 cm³/mol. The maximum atomic E-state index is 11.5. The number of esters is 2. The number of ether oxygens (including phenoxy) is 1. The smallest absolute Gasteiger partial charge is 0.410 e. The zero-order valence-corrected chi connectivity index (χ0v) is 19.5. The van der Waals surface area contributed by atoms with Crippen LogP contribution in [0.3, 0.4) is 0 Å². The SMILES string of the molecule is CCCCCC[Si](C)(C)O[Si]O[Si](C)(C)CCCC1CC(=O)OC1=O. The number of hydrogen-bond acceptors (Lipinski definition) is 5. The van der Waals surface area contributed by atoms with Gasteiger partial charge in [-0.2, -0.15) is 0 Å². The van der Waals surface area contributed by atoms with Crippen molar-refractivity contribution in [3.8, 4) is 0 Å². The Hall–Kier alpha value is -0.289. The molecule has 2 radical (unpaired) electrons. The Balaban J connectivity index is 2.19. The van der Waals surface area contributed by atoms with Crippen LogP contribution in [-0.4, -0.2) is 38.6 Å². The lowest BCUT2D eigenvalue weighted by Crippen LogP contribution is -2.38. The molecule has 25 heavy (non-hydrogen) atoms. The highest BCUT2D eigenvalue weighted by atomic mass is 28.4. The summed E-state index contributed by atoms with van der Waals surface area (Å²) < 4.78 is 16.8. The molecule has 0 N–H and O–H groups in total. The molecule has 1 rings (SSSR count). The fourth-order valence-corrected chi connectivity index (χ4v) is 8.16. The van der Waals surface area contributed by atoms with Gasteiger partial charge in [-0.3, -0.25) is 9.59 Å². The lowest BCUT2D eigenvalue weighted by Gasteiger charge is -2.27. The summed E-state index contributed by atoms with van der Waals surface area (Å²) in [7, 11) is -3.26. The van der Waals surface area contributed by atoms with E-state index in [2.05, 4.69) is 37.8 Å². The van der Waals surface area contributed by atoms with Crippen LogP contribution < -0.4 is 0 Å². The van der Waals surface area contributed by atoms with E-state index < -0.39 is 16.6 Å². The number of carbonyl (C=O) groups excluding carboxylic acids is 2. The molecule has 1 unspecified atom stereocenters. The van der Waals surface area contributed by atoms with Crippen LogP contribution in [-0.2, 0) is 22.6 Å². The summed E-state index contributed by atoms with van der Waals surface area (Å²) in [6, 6.07) is 2.17. The minimum absolute atomic E-state index is 0.135. The number of cyclic esters (lactones) is 2. The average molecular weight is 403 g/mol. The molecule has 8 heteroatoms. The Morgan fingerprint density at radius 2 is 1.60 bits per heavy atom. The lowest BCUT2D eigenvalue weighted by atomic mass is 10.0. The van der Waals surface area contributed by atoms with E-state index in [0.29, 0.717) is 6.42 Å². The minimum Gasteiger partial charge on any atom is -0.435 e. The quantitative estimate of drug-likeness (QED) is 0.197. The summed E-state index contributed by atoms with van der Waals surface area (Å²) in [5.74, 6) is -0.986. The molecule has 0 amide bonds. The normalized spacial score (nSPS) is 18.7. The zero-order chi connectivity index (χ0) is 18.9. The monoisotopic (exact) mass is 402 g/mol. The van der Waals surface area contributed by atoms with E-state index in [4.69, 9.17) is 8.23 Å². The molecule has 144 valence electrons. The van der Waals surface area contributed by atoms with Gasteiger partial charge < -0.3 is 13.0 Å². The fraction of sp³-hybridized carbons (Fsp3) is 0.882. The van der Waals surface area contributed by atoms with E-state index in [1.807, 2.05) is 0 Å². The summed E-state index contributed by atoms with van der Waals surface area (Å²) in [6.07, 6.45) is 6.98. The van der Waals surface area contributed by atoms with Gasteiger partial charge in [-0.15, -0.1) is 0 Å². The van der Waals surface area contributed by atoms with Gasteiger partial charge in [-0.05, 0) is 44.7 Å². The maximum absolute atomic E-state index is 11.5. The Labute approximate surface area is 157 Å². The van der Waals surface area contributed by atoms with Crippen molar-refractivity contribution in [2.24, 2.45) is 5.92 Å². The molecule has 0 bridgehead atoms. The van der Waals surface area contributed by atoms with Crippen LogP contribution in [0.25, 0.3) is 0 Å². The topological polar surface area (TPSA) is 61.8 Å². The Morgan fingerprint density at radius 1 is 1.00 bits per heavy atom. The third-order valence-corrected chi connectivity index (χ3v) is 12.8. The minimum atomic E-state index is -1.79. The molecule has 1 atom stereocenters. The molecule has 1 saturated heterocycles. The van der Waals surface area contributed by atoms with Crippen molar-refractivity contribution in [1.29, 1.82) is 0 Å². The van der Waals surface area contributed by atoms with Crippen LogP contribution in [0.4, 0.5) is 0 Å². The fourth-order valence-electron chi connectivity index (χ4n) is 2.84. The molecular weight excluding hydrogens is 368 g/mol. The lowest BCUT2D eigenvalue weighted by molar-refractivity contribution is -0.153. The van der Waals surface area contributed by atoms with Crippen LogP contribution in [0.15, 0.2) is 0 Å². The Bertz CT molecular complexity index is 440. The summed E-state index contributed by atoms with van der Waals surface area (Å²) in [5.41, 5.74) is 0. The number of unbranched alkanes of at least 4 members (excludes halogenated alkanes) is 3. The second-order valence-corrected chi connectivity index (χ2v) is 18.0. The van der Waals surface area contributed by atoms with E-state index in [-0.39, 0.29) is 34.3 Å². The molecule has 0 aromatic rings. The second kappa shape index (κ2) is 10.8. The van der Waals surface area contributed by atoms with Crippen molar-refractivity contribution < 1.29 is 22.6 Å². The maximum Gasteiger partial charge on any atom is 0.410 e. The summed E-state index contributed by atoms with van der Waals surface area (Å²) >= 11 is 0. The van der Waals surface area contributed by atoms with Gasteiger partial charge in [0.25, 0.3) is 0 Å². The molecule has 1 fully saturated rings. The van der Waals surface area contributed by atoms with Crippen molar-refractivity contribution in [3.05, 3.63) is 0 Å². The standard InChI is InChI=1S/C17H34O5Si3/c1-6-7-8-9-12-24(2,3)21-23-22-25(4,5)13-10-11-15-14-16(18)20-17(15)19/h15H,6-14H2,1-5H3. The van der Waals surface area contributed by atoms with Crippen LogP contribution >= 0.6 is 0 Å². The highest BCUT2D eigenvalue weighted by Crippen LogP contribution is 2.25. The van der Waals surface area contributed by atoms with Gasteiger partial charge in [0, 0.05) is 0 Å². The van der Waals surface area contributed by atoms with Crippen LogP contribution in [0.5, 0.6) is 0 Å². The molecule has 0 aromatic carbocycles. The van der Waals surface area contributed by atoms with Gasteiger partial charge in [0.2, 0.25) is 0 Å². The van der Waals surface area contributed by atoms with E-state index in [9.17, 15) is 9.59 Å². The summed E-state index contributed by atoms with van der Waals surface area (Å²) in [6.45, 7) is 11.2. The first-order chi connectivity index (χ1) is 11.7. The van der Waals surface area contributed by atoms with E-state index in [1.54, 1.807) is 0 Å². The van der Waals surface area contributed by atoms with Gasteiger partial charge >= 0.3 is 21.9 Å². The van der Waals surface area contributed by atoms with Gasteiger partial charge in [0.15, 0.2) is 16.6 Å². The third kappa shape index (κ3) is 9.83. The number of carbonyl (C=O) groups is 2. The van der Waals surface area contributed by atoms with Gasteiger partial charge in [-0.25, -0.2) is 0 Å². The number of rotatable bonds is 13. The number of hydrogen-bond donors (Lipinski definition) is 0. The molecular formula is C17H34O5Si3. The molecule has 1 heterocycles. The highest BCUT2D eigenvalue weighted by molar-refractivity contribution is 6.78. The second-order valence-electron chi connectivity index (χ2n) is 8.20. The summed E-state index contributed by atoms with van der Waals surface area (Å²) in [5, 5.41) is 0.